The van der Waals surface area contributed by atoms with Crippen LogP contribution in [-0.4, -0.2) is 35.1 Å². The first-order chi connectivity index (χ1) is 9.95. The van der Waals surface area contributed by atoms with Crippen molar-refractivity contribution in [1.82, 2.24) is 0 Å². The number of carboxylic acid groups (broad SMARTS) is 2. The molecule has 126 valence electrons. The Kier molecular flexibility index (Phi) is 26.2. The van der Waals surface area contributed by atoms with E-state index in [0.717, 1.165) is 18.6 Å². The standard InChI is InChI=1S/C10H20O2.C5H11NO2S.Na/c1-2-3-4-5-6-7-8-9-10(11)12;1-9-3-2-4(6)5(7)8;/h2-9H2,1H3,(H,11,12);4H,2-3,6H2,1H3,(H,7,8);/q;;+1/p-1. The van der Waals surface area contributed by atoms with Crippen molar-refractivity contribution in [2.75, 3.05) is 12.0 Å². The maximum atomic E-state index is 10.1. The number of carbonyl (C=O) groups excluding carboxylic acids is 1. The minimum absolute atomic E-state index is 0. The number of unbranched alkanes of at least 4 members (excludes halogenated alkanes) is 6. The first-order valence-electron chi connectivity index (χ1n) is 7.62. The molecule has 0 aromatic carbocycles. The fourth-order valence-electron chi connectivity index (χ4n) is 1.59. The van der Waals surface area contributed by atoms with Gasteiger partial charge < -0.3 is 20.7 Å². The third-order valence-corrected chi connectivity index (χ3v) is 3.58. The maximum absolute atomic E-state index is 10.1. The summed E-state index contributed by atoms with van der Waals surface area (Å²) in [5, 5.41) is 18.3. The molecular weight excluding hydrogens is 313 g/mol. The van der Waals surface area contributed by atoms with Crippen molar-refractivity contribution in [3.8, 4) is 0 Å². The second kappa shape index (κ2) is 21.2. The molecule has 0 aliphatic rings. The molecular formula is C15H30NNaO4S. The van der Waals surface area contributed by atoms with E-state index in [1.54, 1.807) is 11.8 Å². The van der Waals surface area contributed by atoms with Crippen LogP contribution in [0.15, 0.2) is 0 Å². The smallest absolute Gasteiger partial charge is 0.550 e. The third kappa shape index (κ3) is 25.2. The molecule has 0 fully saturated rings. The number of hydrogen-bond acceptors (Lipinski definition) is 5. The molecule has 3 N–H and O–H groups in total. The van der Waals surface area contributed by atoms with Crippen LogP contribution < -0.4 is 40.4 Å². The summed E-state index contributed by atoms with van der Waals surface area (Å²) in [6.07, 6.45) is 10.8. The van der Waals surface area contributed by atoms with Crippen molar-refractivity contribution in [3.05, 3.63) is 0 Å². The van der Waals surface area contributed by atoms with E-state index in [2.05, 4.69) is 6.92 Å². The van der Waals surface area contributed by atoms with E-state index in [4.69, 9.17) is 10.8 Å². The monoisotopic (exact) mass is 343 g/mol. The molecule has 0 radical (unpaired) electrons. The Bertz CT molecular complexity index is 268. The normalized spacial score (nSPS) is 10.9. The summed E-state index contributed by atoms with van der Waals surface area (Å²) in [5.41, 5.74) is 5.19. The number of carboxylic acids is 2. The van der Waals surface area contributed by atoms with Crippen molar-refractivity contribution in [1.29, 1.82) is 0 Å². The van der Waals surface area contributed by atoms with E-state index in [1.165, 1.54) is 32.1 Å². The fourth-order valence-corrected chi connectivity index (χ4v) is 2.08. The van der Waals surface area contributed by atoms with Crippen LogP contribution in [0.5, 0.6) is 0 Å². The Morgan fingerprint density at radius 3 is 2.05 bits per heavy atom. The van der Waals surface area contributed by atoms with Gasteiger partial charge in [-0.15, -0.1) is 0 Å². The van der Waals surface area contributed by atoms with Crippen molar-refractivity contribution in [2.45, 2.75) is 70.8 Å². The van der Waals surface area contributed by atoms with Gasteiger partial charge in [0, 0.05) is 5.97 Å². The van der Waals surface area contributed by atoms with Gasteiger partial charge in [-0.25, -0.2) is 0 Å². The Hall–Kier alpha value is 0.250. The van der Waals surface area contributed by atoms with E-state index in [9.17, 15) is 14.7 Å². The Morgan fingerprint density at radius 2 is 1.64 bits per heavy atom. The van der Waals surface area contributed by atoms with Crippen LogP contribution in [-0.2, 0) is 9.59 Å². The van der Waals surface area contributed by atoms with Crippen molar-refractivity contribution in [2.24, 2.45) is 5.73 Å². The fraction of sp³-hybridized carbons (Fsp3) is 0.867. The number of thioether (sulfide) groups is 1. The minimum atomic E-state index is -0.913. The van der Waals surface area contributed by atoms with E-state index < -0.39 is 18.0 Å². The van der Waals surface area contributed by atoms with E-state index in [-0.39, 0.29) is 36.0 Å². The molecule has 0 spiro atoms. The first-order valence-corrected chi connectivity index (χ1v) is 9.02. The number of hydrogen-bond donors (Lipinski definition) is 2. The Labute approximate surface area is 161 Å². The minimum Gasteiger partial charge on any atom is -0.550 e. The third-order valence-electron chi connectivity index (χ3n) is 2.93. The molecule has 22 heavy (non-hydrogen) atoms. The SMILES string of the molecule is CCCCCCCCCC(=O)[O-].CSCCC(N)C(=O)O.[Na+]. The topological polar surface area (TPSA) is 103 Å². The molecule has 0 saturated carbocycles. The van der Waals surface area contributed by atoms with E-state index >= 15 is 0 Å². The summed E-state index contributed by atoms with van der Waals surface area (Å²) < 4.78 is 0. The van der Waals surface area contributed by atoms with Gasteiger partial charge in [0.15, 0.2) is 0 Å². The molecule has 1 atom stereocenters. The summed E-state index contributed by atoms with van der Waals surface area (Å²) in [5.74, 6) is -1.01. The average Bonchev–Trinajstić information content (AvgIpc) is 2.44. The average molecular weight is 343 g/mol. The molecule has 0 aliphatic carbocycles. The molecule has 7 heteroatoms. The van der Waals surface area contributed by atoms with Crippen LogP contribution in [0.3, 0.4) is 0 Å². The van der Waals surface area contributed by atoms with Crippen molar-refractivity contribution in [3.63, 3.8) is 0 Å². The summed E-state index contributed by atoms with van der Waals surface area (Å²) in [7, 11) is 0. The van der Waals surface area contributed by atoms with Crippen LogP contribution in [0.1, 0.15) is 64.7 Å². The zero-order chi connectivity index (χ0) is 16.5. The Morgan fingerprint density at radius 1 is 1.14 bits per heavy atom. The van der Waals surface area contributed by atoms with Crippen LogP contribution in [0.25, 0.3) is 0 Å². The van der Waals surface area contributed by atoms with E-state index in [1.807, 2.05) is 6.26 Å². The zero-order valence-electron chi connectivity index (χ0n) is 14.3. The molecule has 1 unspecified atom stereocenters. The van der Waals surface area contributed by atoms with Gasteiger partial charge in [-0.3, -0.25) is 4.79 Å². The van der Waals surface area contributed by atoms with Crippen LogP contribution in [0.2, 0.25) is 0 Å². The first kappa shape index (κ1) is 27.1. The van der Waals surface area contributed by atoms with Crippen LogP contribution in [0.4, 0.5) is 0 Å². The molecule has 0 aromatic rings. The molecule has 0 saturated heterocycles. The van der Waals surface area contributed by atoms with Gasteiger partial charge in [0.2, 0.25) is 0 Å². The van der Waals surface area contributed by atoms with Gasteiger partial charge >= 0.3 is 35.5 Å². The van der Waals surface area contributed by atoms with Gasteiger partial charge in [0.25, 0.3) is 0 Å². The van der Waals surface area contributed by atoms with Gasteiger partial charge in [0.1, 0.15) is 6.04 Å². The second-order valence-corrected chi connectivity index (χ2v) is 5.96. The second-order valence-electron chi connectivity index (χ2n) is 4.97. The molecule has 0 aromatic heterocycles. The number of aliphatic carboxylic acids is 2. The van der Waals surface area contributed by atoms with Crippen molar-refractivity contribution >= 4 is 23.7 Å². The summed E-state index contributed by atoms with van der Waals surface area (Å²) in [6.45, 7) is 2.19. The number of rotatable bonds is 12. The van der Waals surface area contributed by atoms with Gasteiger partial charge in [-0.1, -0.05) is 45.4 Å². The summed E-state index contributed by atoms with van der Waals surface area (Å²) in [6, 6.07) is -0.683. The molecule has 0 heterocycles. The Balaban J connectivity index is -0.000000326. The molecule has 0 amide bonds. The predicted octanol–water partition coefficient (Wildman–Crippen LogP) is -0.968. The quantitative estimate of drug-likeness (QED) is 0.349. The number of nitrogens with two attached hydrogens (primary N) is 1. The largest absolute Gasteiger partial charge is 1.00 e. The summed E-state index contributed by atoms with van der Waals surface area (Å²) in [4.78, 5) is 20.1. The predicted molar refractivity (Wildman–Crippen MR) is 86.2 cm³/mol. The molecule has 0 bridgehead atoms. The van der Waals surface area contributed by atoms with Crippen LogP contribution >= 0.6 is 11.8 Å². The van der Waals surface area contributed by atoms with E-state index in [0.29, 0.717) is 6.42 Å². The maximum Gasteiger partial charge on any atom is 1.00 e. The summed E-state index contributed by atoms with van der Waals surface area (Å²) >= 11 is 1.60. The van der Waals surface area contributed by atoms with Crippen LogP contribution in [0, 0.1) is 0 Å². The molecule has 0 aliphatic heterocycles. The zero-order valence-corrected chi connectivity index (χ0v) is 17.1. The van der Waals surface area contributed by atoms with Gasteiger partial charge in [-0.05, 0) is 31.3 Å². The molecule has 5 nitrogen and oxygen atoms in total. The number of carbonyl (C=O) groups is 2. The van der Waals surface area contributed by atoms with Gasteiger partial charge in [0.05, 0.1) is 0 Å². The van der Waals surface area contributed by atoms with Crippen molar-refractivity contribution < 1.29 is 49.4 Å². The van der Waals surface area contributed by atoms with Gasteiger partial charge in [-0.2, -0.15) is 11.8 Å². The molecule has 0 rings (SSSR count).